The summed E-state index contributed by atoms with van der Waals surface area (Å²) in [6, 6.07) is 12.4. The number of benzene rings is 2. The van der Waals surface area contributed by atoms with E-state index in [1.807, 2.05) is 17.0 Å². The molecule has 1 atom stereocenters. The molecule has 0 radical (unpaired) electrons. The average molecular weight is 380 g/mol. The molecule has 1 amide bonds. The zero-order valence-electron chi connectivity index (χ0n) is 15.9. The SMILES string of the molecule is COC(=O)c1ccc(-c2ccc(C(=O)N3CCN4CCCC4C3)cc2)c(O)c1. The van der Waals surface area contributed by atoms with Crippen LogP contribution in [-0.4, -0.2) is 66.1 Å². The Morgan fingerprint density at radius 2 is 1.79 bits per heavy atom. The summed E-state index contributed by atoms with van der Waals surface area (Å²) in [5.74, 6) is -0.437. The molecular formula is C22H24N2O4. The molecule has 6 nitrogen and oxygen atoms in total. The molecule has 1 N–H and O–H groups in total. The van der Waals surface area contributed by atoms with Crippen LogP contribution >= 0.6 is 0 Å². The van der Waals surface area contributed by atoms with Crippen molar-refractivity contribution in [1.29, 1.82) is 0 Å². The second-order valence-corrected chi connectivity index (χ2v) is 7.38. The lowest BCUT2D eigenvalue weighted by Gasteiger charge is -2.37. The van der Waals surface area contributed by atoms with Gasteiger partial charge in [-0.05, 0) is 55.3 Å². The molecule has 2 saturated heterocycles. The van der Waals surface area contributed by atoms with Gasteiger partial charge in [0.2, 0.25) is 0 Å². The van der Waals surface area contributed by atoms with Gasteiger partial charge < -0.3 is 14.7 Å². The minimum absolute atomic E-state index is 0.000619. The van der Waals surface area contributed by atoms with Crippen LogP contribution in [0.3, 0.4) is 0 Å². The van der Waals surface area contributed by atoms with Gasteiger partial charge in [0, 0.05) is 36.8 Å². The van der Waals surface area contributed by atoms with Crippen molar-refractivity contribution in [2.45, 2.75) is 18.9 Å². The lowest BCUT2D eigenvalue weighted by Crippen LogP contribution is -2.52. The molecule has 0 saturated carbocycles. The molecule has 2 heterocycles. The maximum Gasteiger partial charge on any atom is 0.337 e. The van der Waals surface area contributed by atoms with Crippen LogP contribution in [0.2, 0.25) is 0 Å². The zero-order valence-corrected chi connectivity index (χ0v) is 15.9. The highest BCUT2D eigenvalue weighted by atomic mass is 16.5. The van der Waals surface area contributed by atoms with E-state index in [0.29, 0.717) is 22.7 Å². The van der Waals surface area contributed by atoms with Crippen molar-refractivity contribution in [2.75, 3.05) is 33.3 Å². The first kappa shape index (κ1) is 18.5. The van der Waals surface area contributed by atoms with Gasteiger partial charge >= 0.3 is 5.97 Å². The highest BCUT2D eigenvalue weighted by molar-refractivity contribution is 5.95. The first-order chi connectivity index (χ1) is 13.6. The number of amides is 1. The smallest absolute Gasteiger partial charge is 0.337 e. The molecule has 2 fully saturated rings. The first-order valence-electron chi connectivity index (χ1n) is 9.62. The Kier molecular flexibility index (Phi) is 5.05. The summed E-state index contributed by atoms with van der Waals surface area (Å²) in [4.78, 5) is 28.9. The van der Waals surface area contributed by atoms with Gasteiger partial charge in [-0.2, -0.15) is 0 Å². The predicted octanol–water partition coefficient (Wildman–Crippen LogP) is 2.77. The number of carbonyl (C=O) groups excluding carboxylic acids is 2. The maximum atomic E-state index is 12.9. The van der Waals surface area contributed by atoms with Crippen molar-refractivity contribution in [3.8, 4) is 16.9 Å². The summed E-state index contributed by atoms with van der Waals surface area (Å²) >= 11 is 0. The molecule has 28 heavy (non-hydrogen) atoms. The Labute approximate surface area is 164 Å². The highest BCUT2D eigenvalue weighted by Gasteiger charge is 2.32. The van der Waals surface area contributed by atoms with E-state index < -0.39 is 5.97 Å². The van der Waals surface area contributed by atoms with Crippen molar-refractivity contribution >= 4 is 11.9 Å². The van der Waals surface area contributed by atoms with Crippen molar-refractivity contribution in [3.63, 3.8) is 0 Å². The van der Waals surface area contributed by atoms with Crippen LogP contribution in [0.5, 0.6) is 5.75 Å². The Morgan fingerprint density at radius 1 is 1.04 bits per heavy atom. The number of piperazine rings is 1. The lowest BCUT2D eigenvalue weighted by atomic mass is 10.0. The van der Waals surface area contributed by atoms with E-state index in [0.717, 1.165) is 31.7 Å². The molecule has 1 unspecified atom stereocenters. The van der Waals surface area contributed by atoms with Crippen LogP contribution in [0.15, 0.2) is 42.5 Å². The maximum absolute atomic E-state index is 12.9. The van der Waals surface area contributed by atoms with Crippen molar-refractivity contribution in [2.24, 2.45) is 0 Å². The fourth-order valence-electron chi connectivity index (χ4n) is 4.17. The van der Waals surface area contributed by atoms with E-state index in [4.69, 9.17) is 0 Å². The standard InChI is InChI=1S/C22H24N2O4/c1-28-22(27)17-8-9-19(20(25)13-17)15-4-6-16(7-5-15)21(26)24-12-11-23-10-2-3-18(23)14-24/h4-9,13,18,25H,2-3,10-12,14H2,1H3. The molecule has 2 aromatic carbocycles. The number of ether oxygens (including phenoxy) is 1. The van der Waals surface area contributed by atoms with Crippen molar-refractivity contribution in [1.82, 2.24) is 9.80 Å². The molecule has 0 spiro atoms. The van der Waals surface area contributed by atoms with Crippen molar-refractivity contribution < 1.29 is 19.4 Å². The minimum atomic E-state index is -0.495. The number of methoxy groups -OCH3 is 1. The van der Waals surface area contributed by atoms with E-state index in [-0.39, 0.29) is 11.7 Å². The second kappa shape index (κ2) is 7.64. The van der Waals surface area contributed by atoms with E-state index >= 15 is 0 Å². The van der Waals surface area contributed by atoms with Gasteiger partial charge in [-0.3, -0.25) is 9.69 Å². The molecule has 146 valence electrons. The number of hydrogen-bond acceptors (Lipinski definition) is 5. The number of esters is 1. The summed E-state index contributed by atoms with van der Waals surface area (Å²) in [5, 5.41) is 10.3. The molecule has 2 aliphatic heterocycles. The Bertz CT molecular complexity index is 894. The third-order valence-corrected chi connectivity index (χ3v) is 5.74. The topological polar surface area (TPSA) is 70.1 Å². The number of aromatic hydroxyl groups is 1. The van der Waals surface area contributed by atoms with Gasteiger partial charge in [0.1, 0.15) is 5.75 Å². The minimum Gasteiger partial charge on any atom is -0.507 e. The van der Waals surface area contributed by atoms with Gasteiger partial charge in [0.05, 0.1) is 12.7 Å². The summed E-state index contributed by atoms with van der Waals surface area (Å²) in [6.45, 7) is 3.68. The number of nitrogens with zero attached hydrogens (tertiary/aromatic N) is 2. The molecule has 4 rings (SSSR count). The summed E-state index contributed by atoms with van der Waals surface area (Å²) in [5.41, 5.74) is 2.33. The van der Waals surface area contributed by atoms with Crippen LogP contribution in [-0.2, 0) is 4.74 Å². The van der Waals surface area contributed by atoms with E-state index in [1.165, 1.54) is 26.0 Å². The summed E-state index contributed by atoms with van der Waals surface area (Å²) in [6.07, 6.45) is 2.39. The third-order valence-electron chi connectivity index (χ3n) is 5.74. The quantitative estimate of drug-likeness (QED) is 0.829. The fraction of sp³-hybridized carbons (Fsp3) is 0.364. The van der Waals surface area contributed by atoms with Gasteiger partial charge in [-0.1, -0.05) is 12.1 Å². The molecule has 0 aliphatic carbocycles. The summed E-state index contributed by atoms with van der Waals surface area (Å²) < 4.78 is 4.67. The molecular weight excluding hydrogens is 356 g/mol. The van der Waals surface area contributed by atoms with Crippen LogP contribution in [0, 0.1) is 0 Å². The zero-order chi connectivity index (χ0) is 19.7. The largest absolute Gasteiger partial charge is 0.507 e. The summed E-state index contributed by atoms with van der Waals surface area (Å²) in [7, 11) is 1.30. The van der Waals surface area contributed by atoms with Crippen LogP contribution < -0.4 is 0 Å². The normalized spacial score (nSPS) is 19.3. The van der Waals surface area contributed by atoms with Crippen LogP contribution in [0.25, 0.3) is 11.1 Å². The third kappa shape index (κ3) is 3.47. The Balaban J connectivity index is 1.49. The van der Waals surface area contributed by atoms with Crippen LogP contribution in [0.4, 0.5) is 0 Å². The van der Waals surface area contributed by atoms with Crippen molar-refractivity contribution in [3.05, 3.63) is 53.6 Å². The van der Waals surface area contributed by atoms with Gasteiger partial charge in [0.15, 0.2) is 0 Å². The lowest BCUT2D eigenvalue weighted by molar-refractivity contribution is 0.0570. The van der Waals surface area contributed by atoms with Crippen LogP contribution in [0.1, 0.15) is 33.6 Å². The van der Waals surface area contributed by atoms with E-state index in [9.17, 15) is 14.7 Å². The average Bonchev–Trinajstić information content (AvgIpc) is 3.20. The Morgan fingerprint density at radius 3 is 2.50 bits per heavy atom. The Hall–Kier alpha value is -2.86. The highest BCUT2D eigenvalue weighted by Crippen LogP contribution is 2.31. The van der Waals surface area contributed by atoms with E-state index in [1.54, 1.807) is 24.3 Å². The number of rotatable bonds is 3. The molecule has 2 aromatic rings. The number of carbonyl (C=O) groups is 2. The molecule has 2 aliphatic rings. The number of phenolic OH excluding ortho intramolecular Hbond substituents is 1. The predicted molar refractivity (Wildman–Crippen MR) is 105 cm³/mol. The van der Waals surface area contributed by atoms with Gasteiger partial charge in [0.25, 0.3) is 5.91 Å². The fourth-order valence-corrected chi connectivity index (χ4v) is 4.17. The first-order valence-corrected chi connectivity index (χ1v) is 9.62. The monoisotopic (exact) mass is 380 g/mol. The molecule has 0 aromatic heterocycles. The molecule has 0 bridgehead atoms. The van der Waals surface area contributed by atoms with Gasteiger partial charge in [-0.25, -0.2) is 4.79 Å². The molecule has 6 heteroatoms. The number of phenols is 1. The number of fused-ring (bicyclic) bond motifs is 1. The van der Waals surface area contributed by atoms with E-state index in [2.05, 4.69) is 9.64 Å². The second-order valence-electron chi connectivity index (χ2n) is 7.38. The number of hydrogen-bond donors (Lipinski definition) is 1. The van der Waals surface area contributed by atoms with Gasteiger partial charge in [-0.15, -0.1) is 0 Å².